The second-order valence-corrected chi connectivity index (χ2v) is 9.17. The van der Waals surface area contributed by atoms with Gasteiger partial charge in [0, 0.05) is 6.04 Å². The van der Waals surface area contributed by atoms with Crippen molar-refractivity contribution in [2.75, 3.05) is 0 Å². The Morgan fingerprint density at radius 3 is 2.31 bits per heavy atom. The maximum absolute atomic E-state index is 9.54. The molecule has 0 amide bonds. The molecule has 0 bridgehead atoms. The zero-order valence-electron chi connectivity index (χ0n) is 9.09. The standard InChI is InChI=1S/C10H21NOSi/c1-5-6-9(11)10(12)7-8-13(2,3)4/h9-10,12H,5-6,11H2,1-4H3/t9-,10-/m1/s1. The van der Waals surface area contributed by atoms with Crippen molar-refractivity contribution < 1.29 is 5.11 Å². The Labute approximate surface area is 82.5 Å². The van der Waals surface area contributed by atoms with Gasteiger partial charge in [-0.3, -0.25) is 0 Å². The van der Waals surface area contributed by atoms with Crippen molar-refractivity contribution in [3.05, 3.63) is 0 Å². The first-order valence-electron chi connectivity index (χ1n) is 4.83. The van der Waals surface area contributed by atoms with Gasteiger partial charge in [-0.15, -0.1) is 5.54 Å². The maximum Gasteiger partial charge on any atom is 0.129 e. The highest BCUT2D eigenvalue weighted by Crippen LogP contribution is 2.01. The van der Waals surface area contributed by atoms with Gasteiger partial charge in [0.25, 0.3) is 0 Å². The normalized spacial score (nSPS) is 15.8. The van der Waals surface area contributed by atoms with E-state index >= 15 is 0 Å². The second kappa shape index (κ2) is 5.43. The summed E-state index contributed by atoms with van der Waals surface area (Å²) >= 11 is 0. The molecule has 2 nitrogen and oxygen atoms in total. The number of nitrogens with two attached hydrogens (primary N) is 1. The SMILES string of the molecule is CCC[C@@H](N)[C@H](O)C#C[Si](C)(C)C. The lowest BCUT2D eigenvalue weighted by atomic mass is 10.1. The minimum absolute atomic E-state index is 0.186. The van der Waals surface area contributed by atoms with Gasteiger partial charge in [0.2, 0.25) is 0 Å². The van der Waals surface area contributed by atoms with Crippen molar-refractivity contribution in [2.24, 2.45) is 5.73 Å². The van der Waals surface area contributed by atoms with Gasteiger partial charge in [-0.25, -0.2) is 0 Å². The van der Waals surface area contributed by atoms with E-state index in [1.54, 1.807) is 0 Å². The van der Waals surface area contributed by atoms with Gasteiger partial charge in [-0.2, -0.15) is 0 Å². The third-order valence-electron chi connectivity index (χ3n) is 1.62. The Morgan fingerprint density at radius 2 is 1.92 bits per heavy atom. The molecule has 0 saturated carbocycles. The van der Waals surface area contributed by atoms with Crippen LogP contribution in [0.15, 0.2) is 0 Å². The Bertz CT molecular complexity index is 199. The summed E-state index contributed by atoms with van der Waals surface area (Å²) in [7, 11) is -1.37. The van der Waals surface area contributed by atoms with Crippen molar-refractivity contribution in [3.63, 3.8) is 0 Å². The number of hydrogen-bond acceptors (Lipinski definition) is 2. The van der Waals surface area contributed by atoms with Crippen molar-refractivity contribution in [3.8, 4) is 11.5 Å². The lowest BCUT2D eigenvalue weighted by Gasteiger charge is -2.13. The number of aliphatic hydroxyl groups is 1. The van der Waals surface area contributed by atoms with Crippen LogP contribution in [0.4, 0.5) is 0 Å². The molecular formula is C10H21NOSi. The summed E-state index contributed by atoms with van der Waals surface area (Å²) in [6.45, 7) is 8.51. The Balaban J connectivity index is 4.10. The first-order valence-corrected chi connectivity index (χ1v) is 8.33. The number of aliphatic hydroxyl groups excluding tert-OH is 1. The van der Waals surface area contributed by atoms with E-state index in [0.29, 0.717) is 0 Å². The first kappa shape index (κ1) is 12.7. The van der Waals surface area contributed by atoms with Gasteiger partial charge in [-0.1, -0.05) is 38.9 Å². The molecule has 3 N–H and O–H groups in total. The van der Waals surface area contributed by atoms with Crippen LogP contribution in [0, 0.1) is 11.5 Å². The molecule has 0 radical (unpaired) electrons. The van der Waals surface area contributed by atoms with E-state index in [2.05, 4.69) is 38.0 Å². The second-order valence-electron chi connectivity index (χ2n) is 4.42. The van der Waals surface area contributed by atoms with E-state index in [1.165, 1.54) is 0 Å². The number of hydrogen-bond donors (Lipinski definition) is 2. The van der Waals surface area contributed by atoms with E-state index in [1.807, 2.05) is 0 Å². The van der Waals surface area contributed by atoms with Crippen LogP contribution in [0.2, 0.25) is 19.6 Å². The zero-order chi connectivity index (χ0) is 10.5. The predicted molar refractivity (Wildman–Crippen MR) is 60.0 cm³/mol. The lowest BCUT2D eigenvalue weighted by Crippen LogP contribution is -2.33. The van der Waals surface area contributed by atoms with Crippen LogP contribution < -0.4 is 5.73 Å². The fourth-order valence-corrected chi connectivity index (χ4v) is 1.47. The summed E-state index contributed by atoms with van der Waals surface area (Å²) in [4.78, 5) is 0. The topological polar surface area (TPSA) is 46.2 Å². The fourth-order valence-electron chi connectivity index (χ4n) is 0.889. The molecule has 0 aliphatic heterocycles. The van der Waals surface area contributed by atoms with Crippen molar-refractivity contribution in [1.82, 2.24) is 0 Å². The summed E-state index contributed by atoms with van der Waals surface area (Å²) in [6.07, 6.45) is 1.18. The molecule has 0 saturated heterocycles. The van der Waals surface area contributed by atoms with Gasteiger partial charge >= 0.3 is 0 Å². The molecule has 0 aromatic carbocycles. The van der Waals surface area contributed by atoms with Crippen LogP contribution in [0.5, 0.6) is 0 Å². The van der Waals surface area contributed by atoms with E-state index in [4.69, 9.17) is 5.73 Å². The van der Waals surface area contributed by atoms with Gasteiger partial charge in [0.15, 0.2) is 0 Å². The Kier molecular flexibility index (Phi) is 5.31. The van der Waals surface area contributed by atoms with E-state index in [-0.39, 0.29) is 6.04 Å². The smallest absolute Gasteiger partial charge is 0.129 e. The number of rotatable bonds is 3. The third-order valence-corrected chi connectivity index (χ3v) is 2.52. The molecule has 0 heterocycles. The molecule has 13 heavy (non-hydrogen) atoms. The van der Waals surface area contributed by atoms with Gasteiger partial charge in [0.1, 0.15) is 14.2 Å². The molecule has 0 aromatic rings. The highest BCUT2D eigenvalue weighted by atomic mass is 28.3. The molecule has 3 heteroatoms. The molecule has 0 aliphatic rings. The van der Waals surface area contributed by atoms with Gasteiger partial charge in [0.05, 0.1) is 0 Å². The molecule has 0 spiro atoms. The molecule has 0 fully saturated rings. The minimum atomic E-state index is -1.37. The Hall–Kier alpha value is -0.303. The Morgan fingerprint density at radius 1 is 1.38 bits per heavy atom. The monoisotopic (exact) mass is 199 g/mol. The molecular weight excluding hydrogens is 178 g/mol. The van der Waals surface area contributed by atoms with Crippen LogP contribution in [0.25, 0.3) is 0 Å². The highest BCUT2D eigenvalue weighted by Gasteiger charge is 2.12. The first-order chi connectivity index (χ1) is 5.87. The summed E-state index contributed by atoms with van der Waals surface area (Å²) in [6, 6.07) is -0.186. The minimum Gasteiger partial charge on any atom is -0.379 e. The van der Waals surface area contributed by atoms with Gasteiger partial charge in [-0.05, 0) is 6.42 Å². The lowest BCUT2D eigenvalue weighted by molar-refractivity contribution is 0.195. The summed E-state index contributed by atoms with van der Waals surface area (Å²) in [5.41, 5.74) is 8.84. The van der Waals surface area contributed by atoms with E-state index in [0.717, 1.165) is 12.8 Å². The van der Waals surface area contributed by atoms with Gasteiger partial charge < -0.3 is 10.8 Å². The summed E-state index contributed by atoms with van der Waals surface area (Å²) in [5.74, 6) is 2.85. The fraction of sp³-hybridized carbons (Fsp3) is 0.800. The average molecular weight is 199 g/mol. The van der Waals surface area contributed by atoms with Crippen LogP contribution in [-0.2, 0) is 0 Å². The third kappa shape index (κ3) is 6.82. The molecule has 2 atom stereocenters. The van der Waals surface area contributed by atoms with Crippen molar-refractivity contribution in [1.29, 1.82) is 0 Å². The zero-order valence-corrected chi connectivity index (χ0v) is 10.1. The molecule has 0 unspecified atom stereocenters. The van der Waals surface area contributed by atoms with E-state index < -0.39 is 14.2 Å². The van der Waals surface area contributed by atoms with E-state index in [9.17, 15) is 5.11 Å². The largest absolute Gasteiger partial charge is 0.379 e. The molecule has 0 aromatic heterocycles. The quantitative estimate of drug-likeness (QED) is 0.532. The maximum atomic E-state index is 9.54. The predicted octanol–water partition coefficient (Wildman–Crippen LogP) is 1.36. The summed E-state index contributed by atoms with van der Waals surface area (Å²) < 4.78 is 0. The van der Waals surface area contributed by atoms with Crippen molar-refractivity contribution in [2.45, 2.75) is 51.6 Å². The van der Waals surface area contributed by atoms with Crippen molar-refractivity contribution >= 4 is 8.07 Å². The molecule has 0 rings (SSSR count). The van der Waals surface area contributed by atoms with Crippen LogP contribution >= 0.6 is 0 Å². The van der Waals surface area contributed by atoms with Crippen LogP contribution in [-0.4, -0.2) is 25.3 Å². The van der Waals surface area contributed by atoms with Crippen LogP contribution in [0.1, 0.15) is 19.8 Å². The highest BCUT2D eigenvalue weighted by molar-refractivity contribution is 6.83. The molecule has 0 aliphatic carbocycles. The van der Waals surface area contributed by atoms with Crippen LogP contribution in [0.3, 0.4) is 0 Å². The summed E-state index contributed by atoms with van der Waals surface area (Å²) in [5, 5.41) is 9.54. The average Bonchev–Trinajstić information content (AvgIpc) is 1.99. The molecule has 76 valence electrons.